The number of urea groups is 1. The maximum absolute atomic E-state index is 14.5. The Labute approximate surface area is 400 Å². The van der Waals surface area contributed by atoms with Crippen molar-refractivity contribution in [3.63, 3.8) is 0 Å². The maximum atomic E-state index is 14.5. The summed E-state index contributed by atoms with van der Waals surface area (Å²) >= 11 is 0. The predicted octanol–water partition coefficient (Wildman–Crippen LogP) is 4.48. The summed E-state index contributed by atoms with van der Waals surface area (Å²) in [5.74, 6) is -2.97. The molecule has 17 heteroatoms. The van der Waals surface area contributed by atoms with Gasteiger partial charge in [-0.25, -0.2) is 4.79 Å². The molecule has 4 rings (SSSR count). The number of rotatable bonds is 14. The van der Waals surface area contributed by atoms with Crippen LogP contribution in [0.5, 0.6) is 0 Å². The highest BCUT2D eigenvalue weighted by atomic mass is 16.7. The van der Waals surface area contributed by atoms with E-state index in [2.05, 4.69) is 22.9 Å². The van der Waals surface area contributed by atoms with Crippen molar-refractivity contribution in [1.82, 2.24) is 15.5 Å². The molecule has 1 aromatic rings. The van der Waals surface area contributed by atoms with Crippen molar-refractivity contribution < 1.29 is 63.5 Å². The monoisotopic (exact) mass is 953 g/mol. The van der Waals surface area contributed by atoms with Crippen molar-refractivity contribution in [2.24, 2.45) is 17.8 Å². The lowest BCUT2D eigenvalue weighted by Crippen LogP contribution is -2.70. The molecule has 8 N–H and O–H groups in total. The van der Waals surface area contributed by atoms with Gasteiger partial charge in [0.05, 0.1) is 42.0 Å². The van der Waals surface area contributed by atoms with Gasteiger partial charge < -0.3 is 74.8 Å². The highest BCUT2D eigenvalue weighted by Crippen LogP contribution is 2.43. The summed E-state index contributed by atoms with van der Waals surface area (Å²) in [6, 6.07) is 5.81. The Morgan fingerprint density at radius 3 is 2.19 bits per heavy atom. The molecule has 67 heavy (non-hydrogen) atoms. The number of aliphatic hydroxyl groups is 5. The van der Waals surface area contributed by atoms with E-state index in [1.165, 1.54) is 18.9 Å². The van der Waals surface area contributed by atoms with Gasteiger partial charge in [-0.2, -0.15) is 0 Å². The van der Waals surface area contributed by atoms with Crippen LogP contribution in [0.25, 0.3) is 0 Å². The molecule has 0 aliphatic carbocycles. The second-order valence-electron chi connectivity index (χ2n) is 20.7. The summed E-state index contributed by atoms with van der Waals surface area (Å²) in [6.07, 6.45) is -6.46. The molecule has 0 aromatic heterocycles. The number of aliphatic hydroxyl groups excluding tert-OH is 2. The quantitative estimate of drug-likeness (QED) is 0.0950. The molecule has 3 fully saturated rings. The van der Waals surface area contributed by atoms with Crippen LogP contribution in [-0.4, -0.2) is 166 Å². The highest BCUT2D eigenvalue weighted by Gasteiger charge is 2.58. The molecule has 0 spiro atoms. The summed E-state index contributed by atoms with van der Waals surface area (Å²) in [4.78, 5) is 29.7. The number of hydrogen-bond donors (Lipinski definition) is 8. The first-order valence-corrected chi connectivity index (χ1v) is 24.8. The summed E-state index contributed by atoms with van der Waals surface area (Å²) in [5, 5.41) is 69.8. The number of amides is 2. The van der Waals surface area contributed by atoms with Crippen molar-refractivity contribution in [3.05, 3.63) is 29.8 Å². The van der Waals surface area contributed by atoms with E-state index in [1.54, 1.807) is 55.5 Å². The predicted molar refractivity (Wildman–Crippen MR) is 255 cm³/mol. The van der Waals surface area contributed by atoms with E-state index in [-0.39, 0.29) is 38.1 Å². The first-order valence-electron chi connectivity index (χ1n) is 24.8. The maximum Gasteiger partial charge on any atom is 0.321 e. The lowest BCUT2D eigenvalue weighted by Gasteiger charge is -2.53. The Bertz CT molecular complexity index is 1710. The van der Waals surface area contributed by atoms with Crippen LogP contribution in [0.1, 0.15) is 127 Å². The number of nitrogens with one attached hydrogen (secondary N) is 3. The van der Waals surface area contributed by atoms with Crippen LogP contribution >= 0.6 is 0 Å². The SMILES string of the molecule is CCCNC[C@]1(O)[C@H](C)O[C@@H](O[C@H]2[C@H](C)[C@@H](O[C@@H]3O[C@H](C)C[C@H](N(C)C(=O)Nc4ccc(CCC)cc4)[C@H]3O)[C@](C)(O)C[C@@H](C)CN[C@H](C)[C@@H](O)[C@](C)(O)[C@@H](CC)OC(=O)[C@@H]2C)C[C@@]1(C)OC. The van der Waals surface area contributed by atoms with Crippen molar-refractivity contribution >= 4 is 17.7 Å². The molecular formula is C50H88N4O13. The average Bonchev–Trinajstić information content (AvgIpc) is 3.27. The number of aryl methyl sites for hydroxylation is 1. The number of methoxy groups -OCH3 is 1. The van der Waals surface area contributed by atoms with E-state index >= 15 is 0 Å². The van der Waals surface area contributed by atoms with E-state index in [1.807, 2.05) is 45.0 Å². The lowest BCUT2D eigenvalue weighted by molar-refractivity contribution is -0.336. The molecule has 0 bridgehead atoms. The minimum absolute atomic E-state index is 0.0467. The molecule has 3 heterocycles. The number of benzene rings is 1. The van der Waals surface area contributed by atoms with Gasteiger partial charge >= 0.3 is 12.0 Å². The molecule has 3 saturated heterocycles. The van der Waals surface area contributed by atoms with Crippen LogP contribution in [0.15, 0.2) is 24.3 Å². The third-order valence-electron chi connectivity index (χ3n) is 14.9. The Morgan fingerprint density at radius 1 is 0.940 bits per heavy atom. The lowest BCUT2D eigenvalue weighted by atomic mass is 9.75. The Balaban J connectivity index is 1.77. The van der Waals surface area contributed by atoms with E-state index in [9.17, 15) is 35.1 Å². The van der Waals surface area contributed by atoms with Crippen LogP contribution in [0.4, 0.5) is 10.5 Å². The van der Waals surface area contributed by atoms with E-state index in [0.717, 1.165) is 24.8 Å². The molecule has 3 aliphatic heterocycles. The Kier molecular flexibility index (Phi) is 20.5. The molecular weight excluding hydrogens is 865 g/mol. The molecule has 0 saturated carbocycles. The molecule has 386 valence electrons. The van der Waals surface area contributed by atoms with Gasteiger partial charge in [-0.15, -0.1) is 0 Å². The molecule has 18 atom stereocenters. The van der Waals surface area contributed by atoms with Gasteiger partial charge in [-0.3, -0.25) is 4.79 Å². The number of cyclic esters (lactones) is 1. The van der Waals surface area contributed by atoms with E-state index in [0.29, 0.717) is 18.8 Å². The van der Waals surface area contributed by atoms with Crippen molar-refractivity contribution in [2.45, 2.75) is 218 Å². The number of ether oxygens (including phenoxy) is 6. The molecule has 3 aliphatic rings. The van der Waals surface area contributed by atoms with Gasteiger partial charge in [0, 0.05) is 44.8 Å². The van der Waals surface area contributed by atoms with Crippen molar-refractivity contribution in [1.29, 1.82) is 0 Å². The molecule has 0 unspecified atom stereocenters. The van der Waals surface area contributed by atoms with Crippen molar-refractivity contribution in [3.8, 4) is 0 Å². The number of carbonyl (C=O) groups is 2. The van der Waals surface area contributed by atoms with Crippen LogP contribution < -0.4 is 16.0 Å². The van der Waals surface area contributed by atoms with Crippen LogP contribution in [0.3, 0.4) is 0 Å². The zero-order chi connectivity index (χ0) is 50.2. The summed E-state index contributed by atoms with van der Waals surface area (Å²) < 4.78 is 38.7. The van der Waals surface area contributed by atoms with Crippen LogP contribution in [0.2, 0.25) is 0 Å². The normalized spacial score (nSPS) is 41.7. The topological polar surface area (TPSA) is 230 Å². The number of anilines is 1. The van der Waals surface area contributed by atoms with Gasteiger partial charge in [0.25, 0.3) is 0 Å². The number of likely N-dealkylation sites (N-methyl/N-ethyl adjacent to an activating group) is 1. The van der Waals surface area contributed by atoms with Gasteiger partial charge in [-0.05, 0) is 117 Å². The van der Waals surface area contributed by atoms with Gasteiger partial charge in [0.1, 0.15) is 35.1 Å². The number of nitrogens with zero attached hydrogens (tertiary/aromatic N) is 1. The van der Waals surface area contributed by atoms with Gasteiger partial charge in [0.15, 0.2) is 12.6 Å². The molecule has 1 aromatic carbocycles. The van der Waals surface area contributed by atoms with Gasteiger partial charge in [0.2, 0.25) is 0 Å². The summed E-state index contributed by atoms with van der Waals surface area (Å²) in [7, 11) is 3.13. The minimum Gasteiger partial charge on any atom is -0.459 e. The first kappa shape index (κ1) is 57.1. The van der Waals surface area contributed by atoms with Crippen molar-refractivity contribution in [2.75, 3.05) is 39.1 Å². The first-order chi connectivity index (χ1) is 31.3. The van der Waals surface area contributed by atoms with E-state index in [4.69, 9.17) is 28.4 Å². The molecule has 0 radical (unpaired) electrons. The molecule has 2 amide bonds. The Hall–Kier alpha value is -2.52. The highest BCUT2D eigenvalue weighted by molar-refractivity contribution is 5.89. The van der Waals surface area contributed by atoms with Gasteiger partial charge in [-0.1, -0.05) is 53.2 Å². The zero-order valence-corrected chi connectivity index (χ0v) is 42.9. The second kappa shape index (κ2) is 24.1. The molecule has 17 nitrogen and oxygen atoms in total. The zero-order valence-electron chi connectivity index (χ0n) is 42.9. The number of hydrogen-bond acceptors (Lipinski definition) is 15. The second-order valence-corrected chi connectivity index (χ2v) is 20.7. The standard InChI is InChI=1S/C50H88N4O13/c1-15-18-35-19-21-36(22-20-35)53-46(58)54(13)37-24-30(5)63-45(40(37)55)67-43-31(6)41(66-39-26-48(11,62-14)50(61,34(9)64-39)28-51-23-16-2)32(7)44(57)65-38(17-3)49(12,60)42(56)33(8)52-27-29(4)25-47(43,10)59/h19-22,29-34,37-43,45,51-52,55-56,59-61H,15-18,23-28H2,1-14H3,(H,53,58)/t29-,30-,31+,32-,33-,34+,37+,38-,39+,40-,41+,42-,43-,45+,47-,48-,49-,50+/m1/s1. The fourth-order valence-electron chi connectivity index (χ4n) is 10.5. The summed E-state index contributed by atoms with van der Waals surface area (Å²) in [5.41, 5.74) is -4.44. The van der Waals surface area contributed by atoms with E-state index < -0.39 is 114 Å². The minimum atomic E-state index is -1.86. The largest absolute Gasteiger partial charge is 0.459 e. The fourth-order valence-corrected chi connectivity index (χ4v) is 10.5. The third kappa shape index (κ3) is 13.5. The number of esters is 1. The summed E-state index contributed by atoms with van der Waals surface area (Å²) in [6.45, 7) is 22.6. The fraction of sp³-hybridized carbons (Fsp3) is 0.840. The Morgan fingerprint density at radius 2 is 1.60 bits per heavy atom. The average molecular weight is 953 g/mol. The van der Waals surface area contributed by atoms with Crippen LogP contribution in [0, 0.1) is 17.8 Å². The smallest absolute Gasteiger partial charge is 0.321 e. The number of carbonyl (C=O) groups excluding carboxylic acids is 2. The third-order valence-corrected chi connectivity index (χ3v) is 14.9. The van der Waals surface area contributed by atoms with Crippen LogP contribution in [-0.2, 0) is 39.6 Å².